The van der Waals surface area contributed by atoms with E-state index in [-0.39, 0.29) is 5.75 Å². The van der Waals surface area contributed by atoms with Crippen LogP contribution in [-0.4, -0.2) is 33.3 Å². The molecule has 0 heterocycles. The Balaban J connectivity index is 2.08. The molecular formula is C15H32N2O2S. The molecule has 1 aliphatic carbocycles. The molecule has 5 heteroatoms. The fourth-order valence-corrected chi connectivity index (χ4v) is 3.49. The Morgan fingerprint density at radius 1 is 1.15 bits per heavy atom. The number of sulfonamides is 1. The molecule has 0 aromatic heterocycles. The second-order valence-electron chi connectivity index (χ2n) is 6.02. The van der Waals surface area contributed by atoms with E-state index in [0.29, 0.717) is 18.5 Å². The van der Waals surface area contributed by atoms with E-state index in [9.17, 15) is 8.42 Å². The molecular weight excluding hydrogens is 272 g/mol. The molecule has 20 heavy (non-hydrogen) atoms. The summed E-state index contributed by atoms with van der Waals surface area (Å²) in [6.07, 6.45) is 8.82. The Kier molecular flexibility index (Phi) is 8.73. The van der Waals surface area contributed by atoms with E-state index in [1.165, 1.54) is 25.7 Å². The van der Waals surface area contributed by atoms with E-state index in [1.54, 1.807) is 0 Å². The third-order valence-corrected chi connectivity index (χ3v) is 5.42. The molecule has 1 saturated carbocycles. The average molecular weight is 304 g/mol. The molecule has 1 aliphatic rings. The van der Waals surface area contributed by atoms with Gasteiger partial charge in [-0.3, -0.25) is 0 Å². The Morgan fingerprint density at radius 2 is 1.90 bits per heavy atom. The Hall–Kier alpha value is -0.130. The van der Waals surface area contributed by atoms with Gasteiger partial charge in [-0.05, 0) is 44.6 Å². The summed E-state index contributed by atoms with van der Waals surface area (Å²) in [4.78, 5) is 0. The number of hydrogen-bond donors (Lipinski definition) is 2. The van der Waals surface area contributed by atoms with E-state index in [4.69, 9.17) is 0 Å². The lowest BCUT2D eigenvalue weighted by atomic mass is 10.00. The van der Waals surface area contributed by atoms with Gasteiger partial charge in [-0.25, -0.2) is 13.1 Å². The summed E-state index contributed by atoms with van der Waals surface area (Å²) in [6.45, 7) is 5.87. The minimum atomic E-state index is -3.07. The summed E-state index contributed by atoms with van der Waals surface area (Å²) >= 11 is 0. The van der Waals surface area contributed by atoms with Gasteiger partial charge in [-0.1, -0.05) is 33.1 Å². The van der Waals surface area contributed by atoms with Crippen LogP contribution in [0.1, 0.15) is 65.2 Å². The molecule has 0 aliphatic heterocycles. The van der Waals surface area contributed by atoms with E-state index in [0.717, 1.165) is 32.2 Å². The third kappa shape index (κ3) is 8.93. The minimum absolute atomic E-state index is 0.267. The lowest BCUT2D eigenvalue weighted by molar-refractivity contribution is 0.443. The van der Waals surface area contributed by atoms with Crippen LogP contribution in [0.5, 0.6) is 0 Å². The molecule has 1 atom stereocenters. The van der Waals surface area contributed by atoms with Crippen molar-refractivity contribution in [3.05, 3.63) is 0 Å². The van der Waals surface area contributed by atoms with Gasteiger partial charge in [0.05, 0.1) is 5.75 Å². The predicted octanol–water partition coefficient (Wildman–Crippen LogP) is 2.65. The molecule has 0 aromatic rings. The SMILES string of the molecule is CCCCC(CC)CNS(=O)(=O)CCCCNC1CC1. The van der Waals surface area contributed by atoms with Crippen LogP contribution in [0.15, 0.2) is 0 Å². The third-order valence-electron chi connectivity index (χ3n) is 3.99. The van der Waals surface area contributed by atoms with Crippen LogP contribution in [0, 0.1) is 5.92 Å². The first kappa shape index (κ1) is 17.9. The smallest absolute Gasteiger partial charge is 0.211 e. The first-order valence-electron chi connectivity index (χ1n) is 8.28. The highest BCUT2D eigenvalue weighted by Gasteiger charge is 2.19. The average Bonchev–Trinajstić information content (AvgIpc) is 3.22. The van der Waals surface area contributed by atoms with Crippen LogP contribution >= 0.6 is 0 Å². The van der Waals surface area contributed by atoms with Crippen LogP contribution in [0.4, 0.5) is 0 Å². The molecule has 0 aromatic carbocycles. The van der Waals surface area contributed by atoms with E-state index in [2.05, 4.69) is 23.9 Å². The van der Waals surface area contributed by atoms with Crippen molar-refractivity contribution in [2.24, 2.45) is 5.92 Å². The largest absolute Gasteiger partial charge is 0.314 e. The van der Waals surface area contributed by atoms with Crippen molar-refractivity contribution in [1.82, 2.24) is 10.0 Å². The monoisotopic (exact) mass is 304 g/mol. The highest BCUT2D eigenvalue weighted by Crippen LogP contribution is 2.18. The summed E-state index contributed by atoms with van der Waals surface area (Å²) in [5.74, 6) is 0.755. The van der Waals surface area contributed by atoms with Crippen LogP contribution < -0.4 is 10.0 Å². The van der Waals surface area contributed by atoms with Crippen molar-refractivity contribution in [1.29, 1.82) is 0 Å². The molecule has 0 saturated heterocycles. The molecule has 0 bridgehead atoms. The number of hydrogen-bond acceptors (Lipinski definition) is 3. The van der Waals surface area contributed by atoms with Gasteiger partial charge >= 0.3 is 0 Å². The van der Waals surface area contributed by atoms with Gasteiger partial charge in [0.2, 0.25) is 10.0 Å². The second-order valence-corrected chi connectivity index (χ2v) is 7.95. The summed E-state index contributed by atoms with van der Waals surface area (Å²) in [6, 6.07) is 0.716. The second kappa shape index (κ2) is 9.74. The molecule has 1 unspecified atom stereocenters. The zero-order chi connectivity index (χ0) is 14.8. The maximum atomic E-state index is 11.9. The Morgan fingerprint density at radius 3 is 2.50 bits per heavy atom. The zero-order valence-electron chi connectivity index (χ0n) is 13.2. The maximum Gasteiger partial charge on any atom is 0.211 e. The molecule has 1 rings (SSSR count). The summed E-state index contributed by atoms with van der Waals surface area (Å²) < 4.78 is 26.6. The van der Waals surface area contributed by atoms with Gasteiger partial charge < -0.3 is 5.32 Å². The highest BCUT2D eigenvalue weighted by atomic mass is 32.2. The van der Waals surface area contributed by atoms with Gasteiger partial charge in [0, 0.05) is 12.6 Å². The van der Waals surface area contributed by atoms with Gasteiger partial charge in [0.1, 0.15) is 0 Å². The van der Waals surface area contributed by atoms with E-state index < -0.39 is 10.0 Å². The van der Waals surface area contributed by atoms with Crippen molar-refractivity contribution >= 4 is 10.0 Å². The van der Waals surface area contributed by atoms with E-state index >= 15 is 0 Å². The van der Waals surface area contributed by atoms with Gasteiger partial charge in [-0.15, -0.1) is 0 Å². The molecule has 120 valence electrons. The summed E-state index contributed by atoms with van der Waals surface area (Å²) in [7, 11) is -3.07. The normalized spacial score (nSPS) is 17.3. The van der Waals surface area contributed by atoms with Crippen molar-refractivity contribution in [2.75, 3.05) is 18.8 Å². The standard InChI is InChI=1S/C15H32N2O2S/c1-3-5-8-14(4-2)13-17-20(18,19)12-7-6-11-16-15-9-10-15/h14-17H,3-13H2,1-2H3. The quantitative estimate of drug-likeness (QED) is 0.514. The zero-order valence-corrected chi connectivity index (χ0v) is 14.0. The first-order chi connectivity index (χ1) is 9.57. The van der Waals surface area contributed by atoms with Crippen molar-refractivity contribution in [3.63, 3.8) is 0 Å². The molecule has 0 amide bonds. The minimum Gasteiger partial charge on any atom is -0.314 e. The maximum absolute atomic E-state index is 11.9. The van der Waals surface area contributed by atoms with E-state index in [1.807, 2.05) is 0 Å². The number of unbranched alkanes of at least 4 members (excludes halogenated alkanes) is 2. The molecule has 0 radical (unpaired) electrons. The van der Waals surface area contributed by atoms with Gasteiger partial charge in [0.15, 0.2) is 0 Å². The first-order valence-corrected chi connectivity index (χ1v) is 9.93. The van der Waals surface area contributed by atoms with Crippen LogP contribution in [0.3, 0.4) is 0 Å². The van der Waals surface area contributed by atoms with Crippen LogP contribution in [0.25, 0.3) is 0 Å². The molecule has 0 spiro atoms. The molecule has 4 nitrogen and oxygen atoms in total. The van der Waals surface area contributed by atoms with Crippen LogP contribution in [-0.2, 0) is 10.0 Å². The van der Waals surface area contributed by atoms with Gasteiger partial charge in [-0.2, -0.15) is 0 Å². The lowest BCUT2D eigenvalue weighted by Crippen LogP contribution is -2.31. The van der Waals surface area contributed by atoms with Crippen molar-refractivity contribution in [3.8, 4) is 0 Å². The van der Waals surface area contributed by atoms with Crippen molar-refractivity contribution in [2.45, 2.75) is 71.3 Å². The topological polar surface area (TPSA) is 58.2 Å². The predicted molar refractivity (Wildman–Crippen MR) is 85.4 cm³/mol. The molecule has 2 N–H and O–H groups in total. The number of rotatable bonds is 13. The van der Waals surface area contributed by atoms with Crippen LogP contribution in [0.2, 0.25) is 0 Å². The fraction of sp³-hybridized carbons (Fsp3) is 1.00. The van der Waals surface area contributed by atoms with Crippen molar-refractivity contribution < 1.29 is 8.42 Å². The molecule has 1 fully saturated rings. The number of nitrogens with one attached hydrogen (secondary N) is 2. The Labute approximate surface area is 125 Å². The van der Waals surface area contributed by atoms with Gasteiger partial charge in [0.25, 0.3) is 0 Å². The summed E-state index contributed by atoms with van der Waals surface area (Å²) in [5.41, 5.74) is 0. The fourth-order valence-electron chi connectivity index (χ4n) is 2.27. The lowest BCUT2D eigenvalue weighted by Gasteiger charge is -2.15. The highest BCUT2D eigenvalue weighted by molar-refractivity contribution is 7.89. The summed E-state index contributed by atoms with van der Waals surface area (Å²) in [5, 5.41) is 3.41. The Bertz CT molecular complexity index is 340.